The largest absolute Gasteiger partial charge is 0.366 e. The zero-order valence-electron chi connectivity index (χ0n) is 16.8. The van der Waals surface area contributed by atoms with Gasteiger partial charge in [0.15, 0.2) is 28.2 Å². The summed E-state index contributed by atoms with van der Waals surface area (Å²) in [5.41, 5.74) is 1.45. The summed E-state index contributed by atoms with van der Waals surface area (Å²) in [6.07, 6.45) is 7.91. The minimum atomic E-state index is -2.17. The zero-order valence-corrected chi connectivity index (χ0v) is 19.4. The van der Waals surface area contributed by atoms with Crippen LogP contribution in [0, 0.1) is 11.8 Å². The minimum Gasteiger partial charge on any atom is -0.366 e. The summed E-state index contributed by atoms with van der Waals surface area (Å²) in [5, 5.41) is 8.09. The number of imidazole rings is 1. The molecule has 3 heterocycles. The van der Waals surface area contributed by atoms with Gasteiger partial charge in [-0.05, 0) is 55.5 Å². The number of hydrogen-bond acceptors (Lipinski definition) is 9. The fourth-order valence-corrected chi connectivity index (χ4v) is 6.84. The second-order valence-electron chi connectivity index (χ2n) is 8.56. The molecule has 2 aliphatic carbocycles. The Morgan fingerprint density at radius 1 is 1.23 bits per heavy atom. The number of anilines is 1. The van der Waals surface area contributed by atoms with Crippen LogP contribution in [0.25, 0.3) is 5.65 Å². The number of ether oxygens (including phenoxy) is 1. The Morgan fingerprint density at radius 3 is 2.84 bits per heavy atom. The van der Waals surface area contributed by atoms with Gasteiger partial charge >= 0.3 is 0 Å². The van der Waals surface area contributed by atoms with Gasteiger partial charge in [-0.25, -0.2) is 9.50 Å². The molecule has 13 heteroatoms. The first-order valence-electron chi connectivity index (χ1n) is 10.5. The van der Waals surface area contributed by atoms with Crippen molar-refractivity contribution in [2.75, 3.05) is 17.8 Å². The zero-order chi connectivity index (χ0) is 21.5. The molecule has 0 aromatic carbocycles. The SMILES string of the molecule is OP(O)CP(O)OCC1CCC(c2cnc3c(NC4CC5CCC4C5)nc(Cl)nn23)O1. The van der Waals surface area contributed by atoms with Crippen molar-refractivity contribution in [3.63, 3.8) is 0 Å². The molecule has 2 aromatic rings. The van der Waals surface area contributed by atoms with E-state index < -0.39 is 16.8 Å². The summed E-state index contributed by atoms with van der Waals surface area (Å²) >= 11 is 6.24. The van der Waals surface area contributed by atoms with Crippen molar-refractivity contribution in [2.24, 2.45) is 11.8 Å². The number of rotatable bonds is 8. The molecule has 0 spiro atoms. The van der Waals surface area contributed by atoms with Crippen molar-refractivity contribution in [1.82, 2.24) is 19.6 Å². The molecule has 1 saturated heterocycles. The first-order valence-corrected chi connectivity index (χ1v) is 13.7. The van der Waals surface area contributed by atoms with Gasteiger partial charge in [0.25, 0.3) is 0 Å². The van der Waals surface area contributed by atoms with Gasteiger partial charge in [0.05, 0.1) is 30.5 Å². The molecule has 10 nitrogen and oxygen atoms in total. The number of nitrogens with zero attached hydrogens (tertiary/aromatic N) is 4. The Hall–Kier alpha value is -0.700. The van der Waals surface area contributed by atoms with Crippen LogP contribution in [0.4, 0.5) is 5.82 Å². The summed E-state index contributed by atoms with van der Waals surface area (Å²) in [5.74, 6) is 2.04. The van der Waals surface area contributed by atoms with Crippen LogP contribution < -0.4 is 5.32 Å². The van der Waals surface area contributed by atoms with E-state index in [-0.39, 0.29) is 30.0 Å². The van der Waals surface area contributed by atoms with Crippen molar-refractivity contribution in [3.05, 3.63) is 17.2 Å². The summed E-state index contributed by atoms with van der Waals surface area (Å²) in [6, 6.07) is 0.408. The van der Waals surface area contributed by atoms with E-state index in [2.05, 4.69) is 20.4 Å². The molecule has 4 N–H and O–H groups in total. The van der Waals surface area contributed by atoms with E-state index in [1.807, 2.05) is 0 Å². The lowest BCUT2D eigenvalue weighted by Gasteiger charge is -2.23. The van der Waals surface area contributed by atoms with Crippen LogP contribution in [-0.2, 0) is 9.26 Å². The van der Waals surface area contributed by atoms with Crippen molar-refractivity contribution >= 4 is 39.8 Å². The molecule has 5 rings (SSSR count). The smallest absolute Gasteiger partial charge is 0.243 e. The van der Waals surface area contributed by atoms with Crippen molar-refractivity contribution < 1.29 is 23.9 Å². The quantitative estimate of drug-likeness (QED) is 0.412. The number of fused-ring (bicyclic) bond motifs is 3. The Kier molecular flexibility index (Phi) is 6.62. The molecular formula is C18H26ClN5O5P2. The van der Waals surface area contributed by atoms with Crippen LogP contribution in [0.5, 0.6) is 0 Å². The van der Waals surface area contributed by atoms with Gasteiger partial charge in [0, 0.05) is 6.04 Å². The first kappa shape index (κ1) is 22.1. The first-order chi connectivity index (χ1) is 15.0. The highest BCUT2D eigenvalue weighted by atomic mass is 35.5. The Balaban J connectivity index is 1.27. The lowest BCUT2D eigenvalue weighted by molar-refractivity contribution is 0.0151. The third kappa shape index (κ3) is 4.82. The lowest BCUT2D eigenvalue weighted by atomic mass is 9.95. The van der Waals surface area contributed by atoms with E-state index in [4.69, 9.17) is 30.6 Å². The maximum absolute atomic E-state index is 9.72. The molecule has 31 heavy (non-hydrogen) atoms. The molecule has 0 amide bonds. The fourth-order valence-electron chi connectivity index (χ4n) is 5.15. The molecule has 170 valence electrons. The van der Waals surface area contributed by atoms with Gasteiger partial charge in [-0.2, -0.15) is 4.98 Å². The van der Waals surface area contributed by atoms with Crippen molar-refractivity contribution in [3.8, 4) is 0 Å². The predicted molar refractivity (Wildman–Crippen MR) is 117 cm³/mol. The Labute approximate surface area is 187 Å². The monoisotopic (exact) mass is 489 g/mol. The average Bonchev–Trinajstić information content (AvgIpc) is 3.49. The van der Waals surface area contributed by atoms with Gasteiger partial charge in [-0.1, -0.05) is 6.42 Å². The molecule has 6 atom stereocenters. The Morgan fingerprint density at radius 2 is 2.10 bits per heavy atom. The molecular weight excluding hydrogens is 464 g/mol. The van der Waals surface area contributed by atoms with Crippen LogP contribution >= 0.6 is 28.4 Å². The third-order valence-corrected chi connectivity index (χ3v) is 9.10. The van der Waals surface area contributed by atoms with Crippen LogP contribution in [0.15, 0.2) is 6.20 Å². The summed E-state index contributed by atoms with van der Waals surface area (Å²) in [4.78, 5) is 36.6. The topological polar surface area (TPSA) is 134 Å². The van der Waals surface area contributed by atoms with Gasteiger partial charge in [0.1, 0.15) is 6.10 Å². The van der Waals surface area contributed by atoms with E-state index in [1.165, 1.54) is 25.7 Å². The van der Waals surface area contributed by atoms with E-state index in [0.29, 0.717) is 23.4 Å². The Bertz CT molecular complexity index is 936. The van der Waals surface area contributed by atoms with Crippen LogP contribution in [-0.4, -0.2) is 58.9 Å². The lowest BCUT2D eigenvalue weighted by Crippen LogP contribution is -2.27. The van der Waals surface area contributed by atoms with Crippen molar-refractivity contribution in [1.29, 1.82) is 0 Å². The van der Waals surface area contributed by atoms with Gasteiger partial charge in [-0.15, -0.1) is 5.10 Å². The van der Waals surface area contributed by atoms with Gasteiger partial charge < -0.3 is 29.3 Å². The van der Waals surface area contributed by atoms with Crippen LogP contribution in [0.2, 0.25) is 5.28 Å². The standard InChI is InChI=1S/C18H26ClN5O5P2/c19-18-22-16(21-13-6-10-1-2-11(13)5-10)17-20-7-14(24(17)23-18)15-4-3-12(29-15)8-28-31(27)9-30(25)26/h7,10-13,15,25-27H,1-6,8-9H2,(H,21,22,23). The maximum Gasteiger partial charge on any atom is 0.243 e. The van der Waals surface area contributed by atoms with Crippen molar-refractivity contribution in [2.45, 2.75) is 56.8 Å². The second-order valence-corrected chi connectivity index (χ2v) is 11.7. The second kappa shape index (κ2) is 9.27. The third-order valence-electron chi connectivity index (χ3n) is 6.52. The molecule has 6 unspecified atom stereocenters. The maximum atomic E-state index is 9.72. The molecule has 2 saturated carbocycles. The molecule has 0 radical (unpaired) electrons. The van der Waals surface area contributed by atoms with Crippen LogP contribution in [0.3, 0.4) is 0 Å². The highest BCUT2D eigenvalue weighted by Crippen LogP contribution is 2.46. The average molecular weight is 490 g/mol. The summed E-state index contributed by atoms with van der Waals surface area (Å²) < 4.78 is 13.1. The molecule has 1 aliphatic heterocycles. The number of nitrogens with one attached hydrogen (secondary N) is 1. The summed E-state index contributed by atoms with van der Waals surface area (Å²) in [7, 11) is -4.02. The predicted octanol–water partition coefficient (Wildman–Crippen LogP) is 3.17. The summed E-state index contributed by atoms with van der Waals surface area (Å²) in [6.45, 7) is 0.200. The van der Waals surface area contributed by atoms with E-state index in [9.17, 15) is 4.89 Å². The molecule has 2 bridgehead atoms. The minimum absolute atomic E-state index is 0.137. The van der Waals surface area contributed by atoms with Gasteiger partial charge in [0.2, 0.25) is 5.28 Å². The van der Waals surface area contributed by atoms with E-state index in [1.54, 1.807) is 10.7 Å². The highest BCUT2D eigenvalue weighted by molar-refractivity contribution is 7.63. The highest BCUT2D eigenvalue weighted by Gasteiger charge is 2.40. The molecule has 3 fully saturated rings. The van der Waals surface area contributed by atoms with Gasteiger partial charge in [-0.3, -0.25) is 0 Å². The fraction of sp³-hybridized carbons (Fsp3) is 0.722. The van der Waals surface area contributed by atoms with Crippen LogP contribution in [0.1, 0.15) is 50.3 Å². The molecule has 3 aliphatic rings. The van der Waals surface area contributed by atoms with E-state index in [0.717, 1.165) is 24.5 Å². The van der Waals surface area contributed by atoms with E-state index >= 15 is 0 Å². The number of halogens is 1. The molecule has 2 aromatic heterocycles. The number of aromatic nitrogens is 4. The normalized spacial score (nSPS) is 31.2. The number of hydrogen-bond donors (Lipinski definition) is 4.